The number of ether oxygens (including phenoxy) is 2. The largest absolute Gasteiger partial charge is 0.493 e. The zero-order chi connectivity index (χ0) is 15.2. The summed E-state index contributed by atoms with van der Waals surface area (Å²) >= 11 is 0. The van der Waals surface area contributed by atoms with E-state index < -0.39 is 6.10 Å². The van der Waals surface area contributed by atoms with Crippen molar-refractivity contribution in [3.8, 4) is 11.5 Å². The van der Waals surface area contributed by atoms with E-state index in [9.17, 15) is 9.90 Å². The standard InChI is InChI=1S/C15H22N2O4/c1-17(15(19)12-9-11(18)10-16-12)7-8-21-14-6-4-3-5-13(14)20-2/h3-6,11-12,16,18H,7-10H2,1-2H3/t11-,12-/m1/s1. The fraction of sp³-hybridized carbons (Fsp3) is 0.533. The number of β-amino-alcohol motifs (C(OH)–C–C–N with tert-alkyl or cyclic N) is 1. The van der Waals surface area contributed by atoms with Crippen LogP contribution in [0.2, 0.25) is 0 Å². The number of aliphatic hydroxyl groups is 1. The van der Waals surface area contributed by atoms with Crippen molar-refractivity contribution in [2.75, 3.05) is 33.9 Å². The molecule has 0 aliphatic carbocycles. The fourth-order valence-corrected chi connectivity index (χ4v) is 2.31. The lowest BCUT2D eigenvalue weighted by molar-refractivity contribution is -0.132. The summed E-state index contributed by atoms with van der Waals surface area (Å²) in [6.07, 6.45) is 0.0356. The number of nitrogens with one attached hydrogen (secondary N) is 1. The molecule has 0 saturated carbocycles. The molecule has 1 aliphatic rings. The average Bonchev–Trinajstić information content (AvgIpc) is 2.93. The molecule has 1 saturated heterocycles. The van der Waals surface area contributed by atoms with Gasteiger partial charge in [-0.3, -0.25) is 4.79 Å². The zero-order valence-electron chi connectivity index (χ0n) is 12.4. The number of hydrogen-bond donors (Lipinski definition) is 2. The van der Waals surface area contributed by atoms with Gasteiger partial charge in [0.1, 0.15) is 6.61 Å². The van der Waals surface area contributed by atoms with Gasteiger partial charge in [0, 0.05) is 13.6 Å². The van der Waals surface area contributed by atoms with E-state index in [4.69, 9.17) is 9.47 Å². The van der Waals surface area contributed by atoms with Crippen LogP contribution in [0, 0.1) is 0 Å². The van der Waals surface area contributed by atoms with Crippen molar-refractivity contribution in [1.82, 2.24) is 10.2 Å². The van der Waals surface area contributed by atoms with Gasteiger partial charge < -0.3 is 24.8 Å². The molecule has 0 radical (unpaired) electrons. The normalized spacial score (nSPS) is 21.1. The van der Waals surface area contributed by atoms with Crippen molar-refractivity contribution in [2.45, 2.75) is 18.6 Å². The first-order valence-electron chi connectivity index (χ1n) is 7.04. The minimum Gasteiger partial charge on any atom is -0.493 e. The number of likely N-dealkylation sites (N-methyl/N-ethyl adjacent to an activating group) is 1. The first-order chi connectivity index (χ1) is 10.1. The summed E-state index contributed by atoms with van der Waals surface area (Å²) in [5, 5.41) is 12.5. The Balaban J connectivity index is 1.78. The van der Waals surface area contributed by atoms with Crippen molar-refractivity contribution in [3.63, 3.8) is 0 Å². The van der Waals surface area contributed by atoms with E-state index in [-0.39, 0.29) is 11.9 Å². The van der Waals surface area contributed by atoms with Crippen molar-refractivity contribution in [2.24, 2.45) is 0 Å². The maximum Gasteiger partial charge on any atom is 0.239 e. The van der Waals surface area contributed by atoms with E-state index in [2.05, 4.69) is 5.32 Å². The highest BCUT2D eigenvalue weighted by molar-refractivity contribution is 5.82. The number of carbonyl (C=O) groups excluding carboxylic acids is 1. The monoisotopic (exact) mass is 294 g/mol. The molecule has 116 valence electrons. The Morgan fingerprint density at radius 1 is 1.43 bits per heavy atom. The molecule has 1 heterocycles. The van der Waals surface area contributed by atoms with Gasteiger partial charge in [0.05, 0.1) is 25.8 Å². The molecule has 2 atom stereocenters. The maximum atomic E-state index is 12.1. The van der Waals surface area contributed by atoms with Crippen LogP contribution in [0.5, 0.6) is 11.5 Å². The van der Waals surface area contributed by atoms with Crippen molar-refractivity contribution in [1.29, 1.82) is 0 Å². The molecule has 1 fully saturated rings. The Labute approximate surface area is 124 Å². The Morgan fingerprint density at radius 2 is 2.14 bits per heavy atom. The number of benzene rings is 1. The number of nitrogens with zero attached hydrogens (tertiary/aromatic N) is 1. The molecule has 6 nitrogen and oxygen atoms in total. The first kappa shape index (κ1) is 15.6. The summed E-state index contributed by atoms with van der Waals surface area (Å²) < 4.78 is 10.8. The molecule has 1 aromatic carbocycles. The van der Waals surface area contributed by atoms with Crippen LogP contribution in [0.25, 0.3) is 0 Å². The number of amides is 1. The van der Waals surface area contributed by atoms with Gasteiger partial charge in [-0.1, -0.05) is 12.1 Å². The van der Waals surface area contributed by atoms with Gasteiger partial charge in [0.15, 0.2) is 11.5 Å². The fourth-order valence-electron chi connectivity index (χ4n) is 2.31. The Bertz CT molecular complexity index is 480. The maximum absolute atomic E-state index is 12.1. The number of hydrogen-bond acceptors (Lipinski definition) is 5. The SMILES string of the molecule is COc1ccccc1OCCN(C)C(=O)[C@H]1C[C@@H](O)CN1. The van der Waals surface area contributed by atoms with E-state index in [0.29, 0.717) is 37.6 Å². The lowest BCUT2D eigenvalue weighted by atomic mass is 10.2. The third-order valence-corrected chi connectivity index (χ3v) is 3.54. The highest BCUT2D eigenvalue weighted by atomic mass is 16.5. The van der Waals surface area contributed by atoms with E-state index >= 15 is 0 Å². The number of methoxy groups -OCH3 is 1. The van der Waals surface area contributed by atoms with Crippen LogP contribution in [0.3, 0.4) is 0 Å². The second-order valence-electron chi connectivity index (χ2n) is 5.11. The van der Waals surface area contributed by atoms with E-state index in [1.807, 2.05) is 24.3 Å². The van der Waals surface area contributed by atoms with Crippen LogP contribution in [-0.4, -0.2) is 61.9 Å². The summed E-state index contributed by atoms with van der Waals surface area (Å²) in [5.41, 5.74) is 0. The van der Waals surface area contributed by atoms with E-state index in [0.717, 1.165) is 0 Å². The molecule has 2 rings (SSSR count). The molecular weight excluding hydrogens is 272 g/mol. The Kier molecular flexibility index (Phi) is 5.41. The Hall–Kier alpha value is -1.79. The van der Waals surface area contributed by atoms with Gasteiger partial charge in [-0.2, -0.15) is 0 Å². The van der Waals surface area contributed by atoms with Gasteiger partial charge in [-0.25, -0.2) is 0 Å². The molecule has 0 bridgehead atoms. The van der Waals surface area contributed by atoms with Gasteiger partial charge in [-0.05, 0) is 18.6 Å². The summed E-state index contributed by atoms with van der Waals surface area (Å²) in [7, 11) is 3.33. The number of aliphatic hydroxyl groups excluding tert-OH is 1. The predicted octanol–water partition coefficient (Wildman–Crippen LogP) is 0.255. The van der Waals surface area contributed by atoms with Crippen molar-refractivity contribution >= 4 is 5.91 Å². The molecular formula is C15H22N2O4. The van der Waals surface area contributed by atoms with Gasteiger partial charge in [0.25, 0.3) is 0 Å². The molecule has 1 amide bonds. The van der Waals surface area contributed by atoms with Gasteiger partial charge in [0.2, 0.25) is 5.91 Å². The highest BCUT2D eigenvalue weighted by Crippen LogP contribution is 2.25. The lowest BCUT2D eigenvalue weighted by Gasteiger charge is -2.21. The van der Waals surface area contributed by atoms with Crippen molar-refractivity contribution < 1.29 is 19.4 Å². The smallest absolute Gasteiger partial charge is 0.239 e. The van der Waals surface area contributed by atoms with Crippen LogP contribution in [0.4, 0.5) is 0 Å². The summed E-state index contributed by atoms with van der Waals surface area (Å²) in [4.78, 5) is 13.7. The van der Waals surface area contributed by atoms with Crippen LogP contribution in [0.15, 0.2) is 24.3 Å². The van der Waals surface area contributed by atoms with E-state index in [1.54, 1.807) is 19.1 Å². The summed E-state index contributed by atoms with van der Waals surface area (Å²) in [5.74, 6) is 1.32. The van der Waals surface area contributed by atoms with Crippen LogP contribution in [0.1, 0.15) is 6.42 Å². The third kappa shape index (κ3) is 4.09. The van der Waals surface area contributed by atoms with Crippen LogP contribution < -0.4 is 14.8 Å². The molecule has 2 N–H and O–H groups in total. The molecule has 0 unspecified atom stereocenters. The molecule has 6 heteroatoms. The van der Waals surface area contributed by atoms with Crippen molar-refractivity contribution in [3.05, 3.63) is 24.3 Å². The number of rotatable bonds is 6. The molecule has 1 aromatic rings. The minimum atomic E-state index is -0.433. The van der Waals surface area contributed by atoms with Gasteiger partial charge in [-0.15, -0.1) is 0 Å². The van der Waals surface area contributed by atoms with Crippen LogP contribution >= 0.6 is 0 Å². The molecule has 21 heavy (non-hydrogen) atoms. The quantitative estimate of drug-likeness (QED) is 0.787. The predicted molar refractivity (Wildman–Crippen MR) is 78.5 cm³/mol. The lowest BCUT2D eigenvalue weighted by Crippen LogP contribution is -2.43. The first-order valence-corrected chi connectivity index (χ1v) is 7.04. The third-order valence-electron chi connectivity index (χ3n) is 3.54. The molecule has 0 spiro atoms. The Morgan fingerprint density at radius 3 is 2.76 bits per heavy atom. The average molecular weight is 294 g/mol. The summed E-state index contributed by atoms with van der Waals surface area (Å²) in [6.45, 7) is 1.34. The topological polar surface area (TPSA) is 71.0 Å². The number of para-hydroxylation sites is 2. The van der Waals surface area contributed by atoms with E-state index in [1.165, 1.54) is 0 Å². The second-order valence-corrected chi connectivity index (χ2v) is 5.11. The second kappa shape index (κ2) is 7.28. The van der Waals surface area contributed by atoms with Gasteiger partial charge >= 0.3 is 0 Å². The number of carbonyl (C=O) groups is 1. The highest BCUT2D eigenvalue weighted by Gasteiger charge is 2.29. The molecule has 0 aromatic heterocycles. The minimum absolute atomic E-state index is 0.0184. The molecule has 1 aliphatic heterocycles. The van der Waals surface area contributed by atoms with Crippen LogP contribution in [-0.2, 0) is 4.79 Å². The summed E-state index contributed by atoms with van der Waals surface area (Å²) in [6, 6.07) is 7.11. The zero-order valence-corrected chi connectivity index (χ0v) is 12.4.